The molecule has 3 N–H and O–H groups in total. The number of carboxylic acid groups (broad SMARTS) is 1. The van der Waals surface area contributed by atoms with Gasteiger partial charge in [0.25, 0.3) is 0 Å². The van der Waals surface area contributed by atoms with Crippen molar-refractivity contribution in [2.24, 2.45) is 0 Å². The first kappa shape index (κ1) is 24.5. The average molecular weight is 444 g/mol. The number of nitrogens with one attached hydrogen (secondary N) is 2. The van der Waals surface area contributed by atoms with Crippen LogP contribution in [0.3, 0.4) is 0 Å². The molecule has 9 heteroatoms. The number of rotatable bonds is 8. The molecule has 0 aliphatic carbocycles. The Hall–Kier alpha value is -3.75. The number of hydrogen-bond donors (Lipinski definition) is 3. The summed E-state index contributed by atoms with van der Waals surface area (Å²) in [7, 11) is 1.42. The van der Waals surface area contributed by atoms with E-state index in [2.05, 4.69) is 10.6 Å². The minimum Gasteiger partial charge on any atom is -0.485 e. The van der Waals surface area contributed by atoms with Crippen LogP contribution in [-0.2, 0) is 22.6 Å². The van der Waals surface area contributed by atoms with E-state index in [-0.39, 0.29) is 18.8 Å². The highest BCUT2D eigenvalue weighted by Crippen LogP contribution is 2.30. The molecule has 1 atom stereocenters. The lowest BCUT2D eigenvalue weighted by Gasteiger charge is -2.22. The summed E-state index contributed by atoms with van der Waals surface area (Å²) in [6, 6.07) is 12.9. The van der Waals surface area contributed by atoms with Gasteiger partial charge in [0.15, 0.2) is 11.5 Å². The SMILES string of the molecule is CNC(=O)Oc1cc(C[C@H](NC(=O)OC(C)(C)C)C(=O)O)ccc1OCc1ccccc1. The summed E-state index contributed by atoms with van der Waals surface area (Å²) in [5, 5.41) is 14.2. The molecule has 2 amide bonds. The highest BCUT2D eigenvalue weighted by Gasteiger charge is 2.25. The Kier molecular flexibility index (Phi) is 8.46. The first-order valence-corrected chi connectivity index (χ1v) is 9.99. The van der Waals surface area contributed by atoms with Gasteiger partial charge in [0.05, 0.1) is 0 Å². The van der Waals surface area contributed by atoms with Crippen LogP contribution in [0.2, 0.25) is 0 Å². The molecule has 2 aromatic carbocycles. The van der Waals surface area contributed by atoms with Gasteiger partial charge < -0.3 is 30.0 Å². The molecule has 9 nitrogen and oxygen atoms in total. The van der Waals surface area contributed by atoms with Gasteiger partial charge in [-0.25, -0.2) is 14.4 Å². The molecule has 0 aromatic heterocycles. The Morgan fingerprint density at radius 1 is 0.969 bits per heavy atom. The molecule has 0 fully saturated rings. The molecule has 0 bridgehead atoms. The highest BCUT2D eigenvalue weighted by molar-refractivity contribution is 5.80. The first-order chi connectivity index (χ1) is 15.1. The monoisotopic (exact) mass is 444 g/mol. The van der Waals surface area contributed by atoms with E-state index in [1.807, 2.05) is 30.3 Å². The first-order valence-electron chi connectivity index (χ1n) is 9.99. The van der Waals surface area contributed by atoms with Gasteiger partial charge >= 0.3 is 18.2 Å². The van der Waals surface area contributed by atoms with Crippen molar-refractivity contribution in [2.75, 3.05) is 7.05 Å². The van der Waals surface area contributed by atoms with Crippen molar-refractivity contribution in [3.8, 4) is 11.5 Å². The zero-order chi connectivity index (χ0) is 23.7. The molecule has 0 spiro atoms. The second-order valence-electron chi connectivity index (χ2n) is 7.94. The summed E-state index contributed by atoms with van der Waals surface area (Å²) < 4.78 is 16.2. The van der Waals surface area contributed by atoms with Gasteiger partial charge in [0.1, 0.15) is 18.2 Å². The highest BCUT2D eigenvalue weighted by atomic mass is 16.6. The van der Waals surface area contributed by atoms with Crippen molar-refractivity contribution in [1.82, 2.24) is 10.6 Å². The second kappa shape index (κ2) is 11.0. The van der Waals surface area contributed by atoms with Gasteiger partial charge in [-0.1, -0.05) is 36.4 Å². The molecular formula is C23H28N2O7. The van der Waals surface area contributed by atoms with E-state index in [0.717, 1.165) is 5.56 Å². The Morgan fingerprint density at radius 2 is 1.66 bits per heavy atom. The third-order valence-corrected chi connectivity index (χ3v) is 4.08. The second-order valence-corrected chi connectivity index (χ2v) is 7.94. The normalized spacial score (nSPS) is 11.8. The molecule has 2 rings (SSSR count). The van der Waals surface area contributed by atoms with Crippen molar-refractivity contribution in [3.05, 3.63) is 59.7 Å². The molecule has 0 unspecified atom stereocenters. The van der Waals surface area contributed by atoms with Crippen molar-refractivity contribution < 1.29 is 33.7 Å². The number of ether oxygens (including phenoxy) is 3. The van der Waals surface area contributed by atoms with Gasteiger partial charge in [-0.15, -0.1) is 0 Å². The zero-order valence-corrected chi connectivity index (χ0v) is 18.5. The summed E-state index contributed by atoms with van der Waals surface area (Å²) in [5.41, 5.74) is 0.675. The van der Waals surface area contributed by atoms with Crippen LogP contribution in [-0.4, -0.2) is 42.0 Å². The molecule has 172 valence electrons. The molecule has 0 aliphatic heterocycles. The number of alkyl carbamates (subject to hydrolysis) is 1. The molecule has 0 aliphatic rings. The number of amides is 2. The number of carbonyl (C=O) groups excluding carboxylic acids is 2. The molecule has 0 radical (unpaired) electrons. The maximum Gasteiger partial charge on any atom is 0.412 e. The summed E-state index contributed by atoms with van der Waals surface area (Å²) in [6.07, 6.45) is -1.60. The van der Waals surface area contributed by atoms with Gasteiger partial charge in [-0.05, 0) is 44.0 Å². The van der Waals surface area contributed by atoms with Gasteiger partial charge in [-0.2, -0.15) is 0 Å². The van der Waals surface area contributed by atoms with E-state index >= 15 is 0 Å². The van der Waals surface area contributed by atoms with Crippen LogP contribution in [0.25, 0.3) is 0 Å². The van der Waals surface area contributed by atoms with Gasteiger partial charge in [-0.3, -0.25) is 0 Å². The fourth-order valence-electron chi connectivity index (χ4n) is 2.65. The molecule has 0 saturated carbocycles. The Bertz CT molecular complexity index is 939. The number of hydrogen-bond acceptors (Lipinski definition) is 6. The van der Waals surface area contributed by atoms with Crippen LogP contribution < -0.4 is 20.1 Å². The minimum atomic E-state index is -1.24. The van der Waals surface area contributed by atoms with Crippen LogP contribution in [0.5, 0.6) is 11.5 Å². The van der Waals surface area contributed by atoms with Crippen LogP contribution in [0.15, 0.2) is 48.5 Å². The largest absolute Gasteiger partial charge is 0.485 e. The number of carbonyl (C=O) groups is 3. The van der Waals surface area contributed by atoms with Crippen molar-refractivity contribution in [2.45, 2.75) is 45.4 Å². The topological polar surface area (TPSA) is 123 Å². The van der Waals surface area contributed by atoms with Crippen LogP contribution in [0.1, 0.15) is 31.9 Å². The summed E-state index contributed by atoms with van der Waals surface area (Å²) in [4.78, 5) is 35.4. The third kappa shape index (κ3) is 8.17. The fourth-order valence-corrected chi connectivity index (χ4v) is 2.65. The summed E-state index contributed by atoms with van der Waals surface area (Å²) in [6.45, 7) is 5.29. The van der Waals surface area contributed by atoms with Gasteiger partial charge in [0, 0.05) is 13.5 Å². The lowest BCUT2D eigenvalue weighted by Crippen LogP contribution is -2.44. The quantitative estimate of drug-likeness (QED) is 0.569. The standard InChI is InChI=1S/C23H28N2O7/c1-23(2,3)32-22(29)25-17(20(26)27)12-16-10-11-18(19(13-16)31-21(28)24-4)30-14-15-8-6-5-7-9-15/h5-11,13,17H,12,14H2,1-4H3,(H,24,28)(H,25,29)(H,26,27)/t17-/m0/s1. The van der Waals surface area contributed by atoms with Gasteiger partial charge in [0.2, 0.25) is 0 Å². The average Bonchev–Trinajstić information content (AvgIpc) is 2.72. The molecule has 0 saturated heterocycles. The van der Waals surface area contributed by atoms with E-state index in [9.17, 15) is 19.5 Å². The van der Waals surface area contributed by atoms with Crippen LogP contribution in [0.4, 0.5) is 9.59 Å². The summed E-state index contributed by atoms with van der Waals surface area (Å²) >= 11 is 0. The third-order valence-electron chi connectivity index (χ3n) is 4.08. The smallest absolute Gasteiger partial charge is 0.412 e. The number of benzene rings is 2. The Morgan fingerprint density at radius 3 is 2.25 bits per heavy atom. The Balaban J connectivity index is 2.18. The van der Waals surface area contributed by atoms with E-state index in [0.29, 0.717) is 11.3 Å². The maximum absolute atomic E-state index is 12.0. The van der Waals surface area contributed by atoms with E-state index in [1.165, 1.54) is 13.1 Å². The lowest BCUT2D eigenvalue weighted by atomic mass is 10.1. The van der Waals surface area contributed by atoms with E-state index in [4.69, 9.17) is 14.2 Å². The van der Waals surface area contributed by atoms with Crippen LogP contribution in [0, 0.1) is 0 Å². The predicted octanol–water partition coefficient (Wildman–Crippen LogP) is 3.50. The zero-order valence-electron chi connectivity index (χ0n) is 18.5. The fraction of sp³-hybridized carbons (Fsp3) is 0.348. The molecule has 0 heterocycles. The molecule has 32 heavy (non-hydrogen) atoms. The molecule has 2 aromatic rings. The van der Waals surface area contributed by atoms with Crippen molar-refractivity contribution >= 4 is 18.2 Å². The molecular weight excluding hydrogens is 416 g/mol. The minimum absolute atomic E-state index is 0.0579. The number of carboxylic acids is 1. The van der Waals surface area contributed by atoms with Crippen molar-refractivity contribution in [3.63, 3.8) is 0 Å². The summed E-state index contributed by atoms with van der Waals surface area (Å²) in [5.74, 6) is -0.790. The van der Waals surface area contributed by atoms with Crippen LogP contribution >= 0.6 is 0 Å². The lowest BCUT2D eigenvalue weighted by molar-refractivity contribution is -0.139. The van der Waals surface area contributed by atoms with E-state index < -0.39 is 29.8 Å². The Labute approximate surface area is 186 Å². The van der Waals surface area contributed by atoms with E-state index in [1.54, 1.807) is 32.9 Å². The predicted molar refractivity (Wildman–Crippen MR) is 117 cm³/mol. The maximum atomic E-state index is 12.0. The number of aliphatic carboxylic acids is 1. The van der Waals surface area contributed by atoms with Crippen molar-refractivity contribution in [1.29, 1.82) is 0 Å².